The highest BCUT2D eigenvalue weighted by molar-refractivity contribution is 5.66. The first-order valence-electron chi connectivity index (χ1n) is 4.07. The van der Waals surface area contributed by atoms with Crippen LogP contribution in [0.2, 0.25) is 0 Å². The van der Waals surface area contributed by atoms with Crippen LogP contribution >= 0.6 is 0 Å². The molecule has 0 radical (unpaired) electrons. The van der Waals surface area contributed by atoms with Crippen molar-refractivity contribution in [1.29, 1.82) is 0 Å². The molecule has 0 aliphatic carbocycles. The molecule has 1 aliphatic heterocycles. The molecule has 0 saturated carbocycles. The second-order valence-corrected chi connectivity index (χ2v) is 3.03. The zero-order valence-corrected chi connectivity index (χ0v) is 7.32. The monoisotopic (exact) mass is 174 g/mol. The number of ether oxygens (including phenoxy) is 2. The van der Waals surface area contributed by atoms with Gasteiger partial charge in [0.1, 0.15) is 6.10 Å². The van der Waals surface area contributed by atoms with Crippen LogP contribution in [0, 0.1) is 0 Å². The van der Waals surface area contributed by atoms with Gasteiger partial charge in [0, 0.05) is 13.3 Å². The summed E-state index contributed by atoms with van der Waals surface area (Å²) in [4.78, 5) is 10.6. The number of esters is 1. The fraction of sp³-hybridized carbons (Fsp3) is 0.875. The quantitative estimate of drug-likeness (QED) is 0.603. The molecule has 3 unspecified atom stereocenters. The predicted molar refractivity (Wildman–Crippen MR) is 41.6 cm³/mol. The van der Waals surface area contributed by atoms with Gasteiger partial charge >= 0.3 is 5.97 Å². The molecule has 0 aromatic carbocycles. The maximum absolute atomic E-state index is 10.6. The van der Waals surface area contributed by atoms with E-state index in [4.69, 9.17) is 14.6 Å². The molecule has 3 atom stereocenters. The summed E-state index contributed by atoms with van der Waals surface area (Å²) in [5, 5.41) is 8.77. The highest BCUT2D eigenvalue weighted by atomic mass is 16.6. The Labute approximate surface area is 71.5 Å². The standard InChI is InChI=1S/C8H14O4/c1-5-8(12-6(2)10)3-7(4-9)11-5/h5,7-9H,3-4H2,1-2H3. The maximum Gasteiger partial charge on any atom is 0.302 e. The number of aliphatic hydroxyl groups excluding tert-OH is 1. The molecule has 0 amide bonds. The van der Waals surface area contributed by atoms with E-state index in [-0.39, 0.29) is 30.9 Å². The smallest absolute Gasteiger partial charge is 0.302 e. The molecule has 1 rings (SSSR count). The average molecular weight is 174 g/mol. The van der Waals surface area contributed by atoms with E-state index < -0.39 is 0 Å². The predicted octanol–water partition coefficient (Wildman–Crippen LogP) is 0.0878. The van der Waals surface area contributed by atoms with Gasteiger partial charge in [-0.2, -0.15) is 0 Å². The number of rotatable bonds is 2. The molecule has 1 heterocycles. The van der Waals surface area contributed by atoms with E-state index in [1.54, 1.807) is 0 Å². The zero-order chi connectivity index (χ0) is 9.14. The molecular weight excluding hydrogens is 160 g/mol. The third-order valence-electron chi connectivity index (χ3n) is 1.95. The summed E-state index contributed by atoms with van der Waals surface area (Å²) >= 11 is 0. The Balaban J connectivity index is 2.40. The van der Waals surface area contributed by atoms with E-state index in [1.807, 2.05) is 6.92 Å². The number of aliphatic hydroxyl groups is 1. The molecule has 4 nitrogen and oxygen atoms in total. The van der Waals surface area contributed by atoms with Crippen LogP contribution in [0.25, 0.3) is 0 Å². The van der Waals surface area contributed by atoms with Crippen LogP contribution in [-0.4, -0.2) is 36.0 Å². The number of hydrogen-bond acceptors (Lipinski definition) is 4. The van der Waals surface area contributed by atoms with Gasteiger partial charge in [0.15, 0.2) is 0 Å². The van der Waals surface area contributed by atoms with Crippen LogP contribution in [0.3, 0.4) is 0 Å². The molecule has 0 spiro atoms. The first-order valence-corrected chi connectivity index (χ1v) is 4.07. The molecule has 1 fully saturated rings. The van der Waals surface area contributed by atoms with E-state index >= 15 is 0 Å². The van der Waals surface area contributed by atoms with Crippen LogP contribution in [0.4, 0.5) is 0 Å². The van der Waals surface area contributed by atoms with Crippen molar-refractivity contribution in [3.63, 3.8) is 0 Å². The summed E-state index contributed by atoms with van der Waals surface area (Å²) < 4.78 is 10.3. The van der Waals surface area contributed by atoms with Crippen molar-refractivity contribution in [2.75, 3.05) is 6.61 Å². The Morgan fingerprint density at radius 1 is 1.75 bits per heavy atom. The Kier molecular flexibility index (Phi) is 3.05. The summed E-state index contributed by atoms with van der Waals surface area (Å²) in [7, 11) is 0. The van der Waals surface area contributed by atoms with Crippen molar-refractivity contribution in [3.05, 3.63) is 0 Å². The second kappa shape index (κ2) is 3.87. The maximum atomic E-state index is 10.6. The lowest BCUT2D eigenvalue weighted by Crippen LogP contribution is -2.23. The molecule has 1 N–H and O–H groups in total. The summed E-state index contributed by atoms with van der Waals surface area (Å²) in [6.45, 7) is 3.20. The highest BCUT2D eigenvalue weighted by Crippen LogP contribution is 2.22. The molecule has 12 heavy (non-hydrogen) atoms. The van der Waals surface area contributed by atoms with Crippen molar-refractivity contribution in [2.24, 2.45) is 0 Å². The lowest BCUT2D eigenvalue weighted by Gasteiger charge is -2.12. The Hall–Kier alpha value is -0.610. The van der Waals surface area contributed by atoms with Gasteiger partial charge in [0.05, 0.1) is 18.8 Å². The Bertz CT molecular complexity index is 168. The fourth-order valence-corrected chi connectivity index (χ4v) is 1.37. The molecule has 70 valence electrons. The van der Waals surface area contributed by atoms with Crippen LogP contribution < -0.4 is 0 Å². The van der Waals surface area contributed by atoms with Crippen molar-refractivity contribution in [3.8, 4) is 0 Å². The first kappa shape index (κ1) is 9.48. The molecule has 1 saturated heterocycles. The number of carbonyl (C=O) groups excluding carboxylic acids is 1. The third-order valence-corrected chi connectivity index (χ3v) is 1.95. The summed E-state index contributed by atoms with van der Waals surface area (Å²) in [6, 6.07) is 0. The van der Waals surface area contributed by atoms with Gasteiger partial charge in [-0.25, -0.2) is 0 Å². The van der Waals surface area contributed by atoms with Crippen molar-refractivity contribution in [1.82, 2.24) is 0 Å². The molecule has 1 aliphatic rings. The van der Waals surface area contributed by atoms with Gasteiger partial charge in [0.25, 0.3) is 0 Å². The van der Waals surface area contributed by atoms with Gasteiger partial charge in [-0.15, -0.1) is 0 Å². The molecule has 0 aromatic heterocycles. The fourth-order valence-electron chi connectivity index (χ4n) is 1.37. The van der Waals surface area contributed by atoms with Crippen molar-refractivity contribution >= 4 is 5.97 Å². The van der Waals surface area contributed by atoms with Gasteiger partial charge < -0.3 is 14.6 Å². The number of carbonyl (C=O) groups is 1. The summed E-state index contributed by atoms with van der Waals surface area (Å²) in [5.74, 6) is -0.297. The van der Waals surface area contributed by atoms with E-state index in [0.29, 0.717) is 6.42 Å². The van der Waals surface area contributed by atoms with E-state index in [2.05, 4.69) is 0 Å². The van der Waals surface area contributed by atoms with Gasteiger partial charge in [-0.05, 0) is 6.92 Å². The van der Waals surface area contributed by atoms with Gasteiger partial charge in [-0.3, -0.25) is 4.79 Å². The molecule has 4 heteroatoms. The van der Waals surface area contributed by atoms with E-state index in [0.717, 1.165) is 0 Å². The first-order chi connectivity index (χ1) is 5.63. The van der Waals surface area contributed by atoms with Gasteiger partial charge in [-0.1, -0.05) is 0 Å². The average Bonchev–Trinajstić information content (AvgIpc) is 2.31. The minimum absolute atomic E-state index is 0.0118. The highest BCUT2D eigenvalue weighted by Gasteiger charge is 2.33. The summed E-state index contributed by atoms with van der Waals surface area (Å²) in [6.07, 6.45) is 0.118. The second-order valence-electron chi connectivity index (χ2n) is 3.03. The van der Waals surface area contributed by atoms with Crippen LogP contribution in [0.5, 0.6) is 0 Å². The third kappa shape index (κ3) is 2.19. The Morgan fingerprint density at radius 2 is 2.42 bits per heavy atom. The van der Waals surface area contributed by atoms with E-state index in [1.165, 1.54) is 6.92 Å². The minimum atomic E-state index is -0.297. The largest absolute Gasteiger partial charge is 0.460 e. The van der Waals surface area contributed by atoms with Crippen LogP contribution in [0.15, 0.2) is 0 Å². The number of hydrogen-bond donors (Lipinski definition) is 1. The lowest BCUT2D eigenvalue weighted by atomic mass is 10.1. The summed E-state index contributed by atoms with van der Waals surface area (Å²) in [5.41, 5.74) is 0. The topological polar surface area (TPSA) is 55.8 Å². The van der Waals surface area contributed by atoms with E-state index in [9.17, 15) is 4.79 Å². The van der Waals surface area contributed by atoms with Crippen molar-refractivity contribution in [2.45, 2.75) is 38.6 Å². The SMILES string of the molecule is CC(=O)OC1CC(CO)OC1C. The normalized spacial score (nSPS) is 35.1. The lowest BCUT2D eigenvalue weighted by molar-refractivity contribution is -0.148. The molecule has 0 aromatic rings. The Morgan fingerprint density at radius 3 is 2.83 bits per heavy atom. The van der Waals surface area contributed by atoms with Crippen LogP contribution in [-0.2, 0) is 14.3 Å². The zero-order valence-electron chi connectivity index (χ0n) is 7.32. The van der Waals surface area contributed by atoms with Crippen molar-refractivity contribution < 1.29 is 19.4 Å². The van der Waals surface area contributed by atoms with Gasteiger partial charge in [0.2, 0.25) is 0 Å². The molecular formula is C8H14O4. The molecule has 0 bridgehead atoms. The minimum Gasteiger partial charge on any atom is -0.460 e. The van der Waals surface area contributed by atoms with Crippen LogP contribution in [0.1, 0.15) is 20.3 Å².